The number of nitrogens with one attached hydrogen (secondary N) is 1. The van der Waals surface area contributed by atoms with Crippen molar-refractivity contribution in [3.63, 3.8) is 0 Å². The van der Waals surface area contributed by atoms with E-state index in [0.717, 1.165) is 10.0 Å². The maximum absolute atomic E-state index is 10.8. The van der Waals surface area contributed by atoms with E-state index in [1.165, 1.54) is 6.92 Å². The summed E-state index contributed by atoms with van der Waals surface area (Å²) in [5.74, 6) is -0.118. The van der Waals surface area contributed by atoms with E-state index in [-0.39, 0.29) is 5.91 Å². The van der Waals surface area contributed by atoms with Gasteiger partial charge in [-0.1, -0.05) is 27.5 Å². The first kappa shape index (κ1) is 10.5. The Bertz CT molecular complexity index is 328. The molecule has 0 spiro atoms. The third kappa shape index (κ3) is 2.71. The molecule has 13 heavy (non-hydrogen) atoms. The second kappa shape index (κ2) is 4.11. The molecule has 0 bridgehead atoms. The minimum atomic E-state index is -0.118. The highest BCUT2D eigenvalue weighted by molar-refractivity contribution is 9.10. The van der Waals surface area contributed by atoms with Crippen LogP contribution in [-0.4, -0.2) is 5.91 Å². The summed E-state index contributed by atoms with van der Waals surface area (Å²) in [6, 6.07) is 3.65. The minimum Gasteiger partial charge on any atom is -0.325 e. The molecule has 1 N–H and O–H groups in total. The highest BCUT2D eigenvalue weighted by Gasteiger charge is 2.06. The summed E-state index contributed by atoms with van der Waals surface area (Å²) in [5, 5.41) is 3.22. The van der Waals surface area contributed by atoms with Gasteiger partial charge in [0.15, 0.2) is 0 Å². The van der Waals surface area contributed by atoms with Crippen LogP contribution in [0.2, 0.25) is 5.02 Å². The van der Waals surface area contributed by atoms with Crippen molar-refractivity contribution in [3.05, 3.63) is 27.2 Å². The average Bonchev–Trinajstić information content (AvgIpc) is 1.96. The monoisotopic (exact) mass is 261 g/mol. The predicted octanol–water partition coefficient (Wildman–Crippen LogP) is 3.37. The van der Waals surface area contributed by atoms with Crippen molar-refractivity contribution in [1.29, 1.82) is 0 Å². The number of anilines is 1. The number of carbonyl (C=O) groups is 1. The Labute approximate surface area is 90.4 Å². The molecule has 0 atom stereocenters. The standard InChI is InChI=1S/C9H9BrClNO/c1-5-3-7(10)4-8(11)9(5)12-6(2)13/h3-4H,1-2H3,(H,12,13). The number of hydrogen-bond donors (Lipinski definition) is 1. The summed E-state index contributed by atoms with van der Waals surface area (Å²) in [6.07, 6.45) is 0. The van der Waals surface area contributed by atoms with E-state index < -0.39 is 0 Å². The molecule has 0 heterocycles. The van der Waals surface area contributed by atoms with Crippen molar-refractivity contribution in [3.8, 4) is 0 Å². The Morgan fingerprint density at radius 3 is 2.62 bits per heavy atom. The van der Waals surface area contributed by atoms with Crippen LogP contribution in [0.1, 0.15) is 12.5 Å². The molecule has 0 saturated heterocycles. The van der Waals surface area contributed by atoms with Gasteiger partial charge in [-0.25, -0.2) is 0 Å². The highest BCUT2D eigenvalue weighted by Crippen LogP contribution is 2.29. The van der Waals surface area contributed by atoms with Crippen molar-refractivity contribution in [2.45, 2.75) is 13.8 Å². The van der Waals surface area contributed by atoms with E-state index >= 15 is 0 Å². The van der Waals surface area contributed by atoms with Crippen molar-refractivity contribution >= 4 is 39.1 Å². The van der Waals surface area contributed by atoms with Gasteiger partial charge in [0.05, 0.1) is 10.7 Å². The number of carbonyl (C=O) groups excluding carboxylic acids is 1. The molecular formula is C9H9BrClNO. The van der Waals surface area contributed by atoms with Gasteiger partial charge < -0.3 is 5.32 Å². The Morgan fingerprint density at radius 2 is 2.15 bits per heavy atom. The van der Waals surface area contributed by atoms with Crippen LogP contribution < -0.4 is 5.32 Å². The first-order valence-electron chi connectivity index (χ1n) is 3.74. The van der Waals surface area contributed by atoms with Gasteiger partial charge in [-0.05, 0) is 24.6 Å². The summed E-state index contributed by atoms with van der Waals surface area (Å²) in [6.45, 7) is 3.35. The topological polar surface area (TPSA) is 29.1 Å². The Morgan fingerprint density at radius 1 is 1.54 bits per heavy atom. The van der Waals surface area contributed by atoms with Crippen molar-refractivity contribution in [2.75, 3.05) is 5.32 Å². The van der Waals surface area contributed by atoms with Crippen LogP contribution in [0, 0.1) is 6.92 Å². The zero-order chi connectivity index (χ0) is 10.0. The largest absolute Gasteiger partial charge is 0.325 e. The van der Waals surface area contributed by atoms with Crippen molar-refractivity contribution in [2.24, 2.45) is 0 Å². The van der Waals surface area contributed by atoms with Gasteiger partial charge in [-0.2, -0.15) is 0 Å². The van der Waals surface area contributed by atoms with E-state index in [0.29, 0.717) is 10.7 Å². The fourth-order valence-corrected chi connectivity index (χ4v) is 2.05. The number of amides is 1. The molecule has 0 aliphatic carbocycles. The molecule has 0 unspecified atom stereocenters. The van der Waals surface area contributed by atoms with Gasteiger partial charge in [0.1, 0.15) is 0 Å². The van der Waals surface area contributed by atoms with Gasteiger partial charge in [0, 0.05) is 11.4 Å². The molecule has 0 aliphatic rings. The maximum Gasteiger partial charge on any atom is 0.221 e. The third-order valence-electron chi connectivity index (χ3n) is 1.55. The zero-order valence-corrected chi connectivity index (χ0v) is 9.66. The molecule has 0 aliphatic heterocycles. The van der Waals surface area contributed by atoms with Crippen LogP contribution in [0.3, 0.4) is 0 Å². The second-order valence-corrected chi connectivity index (χ2v) is 4.08. The minimum absolute atomic E-state index is 0.118. The summed E-state index contributed by atoms with van der Waals surface area (Å²) in [7, 11) is 0. The average molecular weight is 263 g/mol. The molecule has 1 aromatic carbocycles. The normalized spacial score (nSPS) is 9.85. The van der Waals surface area contributed by atoms with Crippen LogP contribution in [0.25, 0.3) is 0 Å². The summed E-state index contributed by atoms with van der Waals surface area (Å²) in [4.78, 5) is 10.8. The first-order chi connectivity index (χ1) is 6.00. The Hall–Kier alpha value is -0.540. The molecule has 1 aromatic rings. The second-order valence-electron chi connectivity index (χ2n) is 2.76. The lowest BCUT2D eigenvalue weighted by Gasteiger charge is -2.08. The van der Waals surface area contributed by atoms with E-state index in [9.17, 15) is 4.79 Å². The molecule has 70 valence electrons. The van der Waals surface area contributed by atoms with Gasteiger partial charge in [0.2, 0.25) is 5.91 Å². The van der Waals surface area contributed by atoms with Gasteiger partial charge >= 0.3 is 0 Å². The van der Waals surface area contributed by atoms with Crippen LogP contribution in [0.5, 0.6) is 0 Å². The van der Waals surface area contributed by atoms with Crippen LogP contribution >= 0.6 is 27.5 Å². The molecule has 0 fully saturated rings. The maximum atomic E-state index is 10.8. The third-order valence-corrected chi connectivity index (χ3v) is 2.31. The smallest absolute Gasteiger partial charge is 0.221 e. The molecule has 4 heteroatoms. The Kier molecular flexibility index (Phi) is 3.33. The fourth-order valence-electron chi connectivity index (χ4n) is 1.04. The number of hydrogen-bond acceptors (Lipinski definition) is 1. The van der Waals surface area contributed by atoms with E-state index in [1.54, 1.807) is 6.07 Å². The predicted molar refractivity (Wildman–Crippen MR) is 58.2 cm³/mol. The SMILES string of the molecule is CC(=O)Nc1c(C)cc(Br)cc1Cl. The Balaban J connectivity index is 3.13. The van der Waals surface area contributed by atoms with E-state index in [4.69, 9.17) is 11.6 Å². The van der Waals surface area contributed by atoms with Crippen molar-refractivity contribution in [1.82, 2.24) is 0 Å². The lowest BCUT2D eigenvalue weighted by atomic mass is 10.2. The fraction of sp³-hybridized carbons (Fsp3) is 0.222. The summed E-state index contributed by atoms with van der Waals surface area (Å²) >= 11 is 9.25. The first-order valence-corrected chi connectivity index (χ1v) is 4.91. The van der Waals surface area contributed by atoms with Crippen molar-refractivity contribution < 1.29 is 4.79 Å². The molecule has 2 nitrogen and oxygen atoms in total. The van der Waals surface area contributed by atoms with Crippen LogP contribution in [-0.2, 0) is 4.79 Å². The van der Waals surface area contributed by atoms with Gasteiger partial charge in [-0.15, -0.1) is 0 Å². The molecular weight excluding hydrogens is 253 g/mol. The molecule has 1 rings (SSSR count). The summed E-state index contributed by atoms with van der Waals surface area (Å²) in [5.41, 5.74) is 1.62. The van der Waals surface area contributed by atoms with Gasteiger partial charge in [0.25, 0.3) is 0 Å². The zero-order valence-electron chi connectivity index (χ0n) is 7.32. The van der Waals surface area contributed by atoms with Crippen LogP contribution in [0.4, 0.5) is 5.69 Å². The lowest BCUT2D eigenvalue weighted by molar-refractivity contribution is -0.114. The number of aryl methyl sites for hydroxylation is 1. The van der Waals surface area contributed by atoms with E-state index in [2.05, 4.69) is 21.2 Å². The molecule has 0 aromatic heterocycles. The quantitative estimate of drug-likeness (QED) is 0.826. The lowest BCUT2D eigenvalue weighted by Crippen LogP contribution is -2.07. The van der Waals surface area contributed by atoms with Crippen LogP contribution in [0.15, 0.2) is 16.6 Å². The summed E-state index contributed by atoms with van der Waals surface area (Å²) < 4.78 is 0.907. The number of rotatable bonds is 1. The highest BCUT2D eigenvalue weighted by atomic mass is 79.9. The van der Waals surface area contributed by atoms with Gasteiger partial charge in [-0.3, -0.25) is 4.79 Å². The van der Waals surface area contributed by atoms with E-state index in [1.807, 2.05) is 13.0 Å². The number of benzene rings is 1. The molecule has 0 radical (unpaired) electrons. The molecule has 0 saturated carbocycles. The number of halogens is 2. The molecule has 1 amide bonds.